The molecule has 0 aromatic rings. The maximum atomic E-state index is 11.4. The quantitative estimate of drug-likeness (QED) is 0.705. The highest BCUT2D eigenvalue weighted by Crippen LogP contribution is 2.55. The Morgan fingerprint density at radius 1 is 1.62 bits per heavy atom. The van der Waals surface area contributed by atoms with Crippen molar-refractivity contribution in [3.05, 3.63) is 0 Å². The minimum Gasteiger partial charge on any atom is -0.356 e. The second-order valence-corrected chi connectivity index (χ2v) is 4.01. The number of nitrogens with one attached hydrogen (secondary N) is 2. The van der Waals surface area contributed by atoms with Gasteiger partial charge in [-0.25, -0.2) is 0 Å². The monoisotopic (exact) mass is 204 g/mol. The van der Waals surface area contributed by atoms with Crippen LogP contribution < -0.4 is 10.6 Å². The molecule has 0 radical (unpaired) electrons. The van der Waals surface area contributed by atoms with Crippen molar-refractivity contribution in [2.75, 3.05) is 19.6 Å². The van der Waals surface area contributed by atoms with Gasteiger partial charge < -0.3 is 10.6 Å². The van der Waals surface area contributed by atoms with Gasteiger partial charge in [-0.3, -0.25) is 4.79 Å². The summed E-state index contributed by atoms with van der Waals surface area (Å²) in [5, 5.41) is 6.18. The SMILES string of the molecule is CCCNC(=O)C1CC12CNC2.Cl. The van der Waals surface area contributed by atoms with Crippen LogP contribution in [0.1, 0.15) is 19.8 Å². The summed E-state index contributed by atoms with van der Waals surface area (Å²) in [6, 6.07) is 0. The van der Waals surface area contributed by atoms with E-state index in [2.05, 4.69) is 17.6 Å². The molecular weight excluding hydrogens is 188 g/mol. The van der Waals surface area contributed by atoms with Crippen molar-refractivity contribution in [2.45, 2.75) is 19.8 Å². The van der Waals surface area contributed by atoms with E-state index in [4.69, 9.17) is 0 Å². The second kappa shape index (κ2) is 3.84. The number of carbonyl (C=O) groups is 1. The first kappa shape index (κ1) is 10.8. The van der Waals surface area contributed by atoms with Gasteiger partial charge >= 0.3 is 0 Å². The fraction of sp³-hybridized carbons (Fsp3) is 0.889. The standard InChI is InChI=1S/C9H16N2O.ClH/c1-2-3-11-8(12)7-4-9(7)5-10-6-9;/h7,10H,2-6H2,1H3,(H,11,12);1H. The zero-order valence-corrected chi connectivity index (χ0v) is 8.75. The smallest absolute Gasteiger partial charge is 0.223 e. The van der Waals surface area contributed by atoms with E-state index < -0.39 is 0 Å². The fourth-order valence-corrected chi connectivity index (χ4v) is 1.93. The molecule has 0 bridgehead atoms. The lowest BCUT2D eigenvalue weighted by molar-refractivity contribution is -0.123. The van der Waals surface area contributed by atoms with Crippen molar-refractivity contribution in [2.24, 2.45) is 11.3 Å². The lowest BCUT2D eigenvalue weighted by atomic mass is 9.96. The highest BCUT2D eigenvalue weighted by molar-refractivity contribution is 5.85. The van der Waals surface area contributed by atoms with E-state index in [1.54, 1.807) is 0 Å². The van der Waals surface area contributed by atoms with Crippen molar-refractivity contribution in [1.82, 2.24) is 10.6 Å². The average Bonchev–Trinajstić information content (AvgIpc) is 2.73. The van der Waals surface area contributed by atoms with Gasteiger partial charge in [0.15, 0.2) is 0 Å². The summed E-state index contributed by atoms with van der Waals surface area (Å²) in [6.07, 6.45) is 2.14. The van der Waals surface area contributed by atoms with Crippen LogP contribution in [0.3, 0.4) is 0 Å². The molecule has 0 aromatic carbocycles. The zero-order chi connectivity index (χ0) is 8.60. The Kier molecular flexibility index (Phi) is 3.19. The number of rotatable bonds is 3. The molecule has 4 heteroatoms. The van der Waals surface area contributed by atoms with E-state index >= 15 is 0 Å². The fourth-order valence-electron chi connectivity index (χ4n) is 1.93. The number of carbonyl (C=O) groups excluding carboxylic acids is 1. The summed E-state index contributed by atoms with van der Waals surface area (Å²) in [6.45, 7) is 5.01. The largest absolute Gasteiger partial charge is 0.356 e. The van der Waals surface area contributed by atoms with Crippen LogP contribution in [0.4, 0.5) is 0 Å². The maximum Gasteiger partial charge on any atom is 0.223 e. The molecular formula is C9H17ClN2O. The zero-order valence-electron chi connectivity index (χ0n) is 7.93. The van der Waals surface area contributed by atoms with Gasteiger partial charge in [-0.1, -0.05) is 6.92 Å². The molecule has 3 nitrogen and oxygen atoms in total. The first-order valence-corrected chi connectivity index (χ1v) is 4.77. The molecule has 1 atom stereocenters. The lowest BCUT2D eigenvalue weighted by Crippen LogP contribution is -2.47. The first-order valence-electron chi connectivity index (χ1n) is 4.77. The first-order chi connectivity index (χ1) is 5.78. The molecule has 13 heavy (non-hydrogen) atoms. The van der Waals surface area contributed by atoms with Gasteiger partial charge in [-0.2, -0.15) is 0 Å². The minimum absolute atomic E-state index is 0. The van der Waals surface area contributed by atoms with Crippen LogP contribution in [0.5, 0.6) is 0 Å². The highest BCUT2D eigenvalue weighted by atomic mass is 35.5. The molecule has 1 amide bonds. The molecule has 1 heterocycles. The van der Waals surface area contributed by atoms with Crippen molar-refractivity contribution in [3.63, 3.8) is 0 Å². The van der Waals surface area contributed by atoms with E-state index in [1.165, 1.54) is 0 Å². The predicted octanol–water partition coefficient (Wildman–Crippen LogP) is 0.544. The van der Waals surface area contributed by atoms with Crippen molar-refractivity contribution in [3.8, 4) is 0 Å². The Balaban J connectivity index is 0.000000845. The second-order valence-electron chi connectivity index (χ2n) is 4.01. The molecule has 76 valence electrons. The van der Waals surface area contributed by atoms with Crippen LogP contribution in [-0.2, 0) is 4.79 Å². The van der Waals surface area contributed by atoms with E-state index in [9.17, 15) is 4.79 Å². The predicted molar refractivity (Wildman–Crippen MR) is 54.0 cm³/mol. The number of halogens is 1. The lowest BCUT2D eigenvalue weighted by Gasteiger charge is -2.28. The van der Waals surface area contributed by atoms with E-state index in [0.717, 1.165) is 32.5 Å². The Hall–Kier alpha value is -0.280. The Morgan fingerprint density at radius 3 is 2.69 bits per heavy atom. The van der Waals surface area contributed by atoms with Gasteiger partial charge in [0.25, 0.3) is 0 Å². The molecule has 2 fully saturated rings. The molecule has 1 unspecified atom stereocenters. The Labute approximate surface area is 85.1 Å². The molecule has 1 spiro atoms. The van der Waals surface area contributed by atoms with Crippen LogP contribution >= 0.6 is 12.4 Å². The van der Waals surface area contributed by atoms with Crippen LogP contribution in [0.15, 0.2) is 0 Å². The summed E-state index contributed by atoms with van der Waals surface area (Å²) in [5.74, 6) is 0.601. The molecule has 0 aromatic heterocycles. The summed E-state index contributed by atoms with van der Waals surface area (Å²) in [7, 11) is 0. The number of amides is 1. The molecule has 2 rings (SSSR count). The number of hydrogen-bond donors (Lipinski definition) is 2. The van der Waals surface area contributed by atoms with Crippen LogP contribution in [0.2, 0.25) is 0 Å². The Bertz CT molecular complexity index is 204. The summed E-state index contributed by atoms with van der Waals surface area (Å²) >= 11 is 0. The van der Waals surface area contributed by atoms with E-state index in [1.807, 2.05) is 0 Å². The van der Waals surface area contributed by atoms with Crippen LogP contribution in [0, 0.1) is 11.3 Å². The Morgan fingerprint density at radius 2 is 2.31 bits per heavy atom. The van der Waals surface area contributed by atoms with Crippen molar-refractivity contribution < 1.29 is 4.79 Å². The van der Waals surface area contributed by atoms with Crippen molar-refractivity contribution in [1.29, 1.82) is 0 Å². The van der Waals surface area contributed by atoms with Crippen molar-refractivity contribution >= 4 is 18.3 Å². The van der Waals surface area contributed by atoms with Crippen LogP contribution in [0.25, 0.3) is 0 Å². The van der Waals surface area contributed by atoms with E-state index in [-0.39, 0.29) is 18.3 Å². The minimum atomic E-state index is 0. The number of hydrogen-bond acceptors (Lipinski definition) is 2. The highest BCUT2D eigenvalue weighted by Gasteiger charge is 2.61. The van der Waals surface area contributed by atoms with Gasteiger partial charge in [0.05, 0.1) is 0 Å². The van der Waals surface area contributed by atoms with Gasteiger partial charge in [-0.15, -0.1) is 12.4 Å². The molecule has 1 aliphatic carbocycles. The molecule has 1 saturated heterocycles. The third-order valence-corrected chi connectivity index (χ3v) is 3.01. The normalized spacial score (nSPS) is 27.3. The summed E-state index contributed by atoms with van der Waals surface area (Å²) in [5.41, 5.74) is 0.387. The average molecular weight is 205 g/mol. The third-order valence-electron chi connectivity index (χ3n) is 3.01. The molecule has 1 saturated carbocycles. The topological polar surface area (TPSA) is 41.1 Å². The van der Waals surface area contributed by atoms with Gasteiger partial charge in [-0.05, 0) is 12.8 Å². The molecule has 1 aliphatic heterocycles. The molecule has 2 N–H and O–H groups in total. The summed E-state index contributed by atoms with van der Waals surface area (Å²) < 4.78 is 0. The summed E-state index contributed by atoms with van der Waals surface area (Å²) in [4.78, 5) is 11.4. The van der Waals surface area contributed by atoms with E-state index in [0.29, 0.717) is 11.3 Å². The third kappa shape index (κ3) is 1.81. The van der Waals surface area contributed by atoms with Gasteiger partial charge in [0.1, 0.15) is 0 Å². The van der Waals surface area contributed by atoms with Crippen LogP contribution in [-0.4, -0.2) is 25.5 Å². The van der Waals surface area contributed by atoms with Gasteiger partial charge in [0, 0.05) is 31.0 Å². The maximum absolute atomic E-state index is 11.4. The van der Waals surface area contributed by atoms with Gasteiger partial charge in [0.2, 0.25) is 5.91 Å². The molecule has 2 aliphatic rings.